The summed E-state index contributed by atoms with van der Waals surface area (Å²) in [6, 6.07) is 7.36. The standard InChI is InChI=1S/C16H20N2O5S/c1-18(2)24(21,22)14-5-3-12(4-6-14)16(20)17-9-7-15(19)13-8-10-23-11-13/h3-6,8,10-11,15,19H,7,9H2,1-2H3,(H,17,20). The lowest BCUT2D eigenvalue weighted by Crippen LogP contribution is -2.26. The molecule has 2 aromatic rings. The van der Waals surface area contributed by atoms with Crippen molar-refractivity contribution in [2.75, 3.05) is 20.6 Å². The molecule has 0 aliphatic heterocycles. The molecule has 1 atom stereocenters. The van der Waals surface area contributed by atoms with Crippen molar-refractivity contribution in [2.45, 2.75) is 17.4 Å². The lowest BCUT2D eigenvalue weighted by molar-refractivity contribution is 0.0942. The molecule has 1 aromatic carbocycles. The van der Waals surface area contributed by atoms with Crippen molar-refractivity contribution < 1.29 is 22.7 Å². The Morgan fingerprint density at radius 1 is 1.25 bits per heavy atom. The van der Waals surface area contributed by atoms with Crippen molar-refractivity contribution in [3.8, 4) is 0 Å². The fraction of sp³-hybridized carbons (Fsp3) is 0.312. The number of aliphatic hydroxyl groups excluding tert-OH is 1. The maximum atomic E-state index is 12.0. The maximum absolute atomic E-state index is 12.0. The molecule has 0 aliphatic rings. The molecule has 0 aliphatic carbocycles. The quantitative estimate of drug-likeness (QED) is 0.784. The molecule has 0 fully saturated rings. The van der Waals surface area contributed by atoms with E-state index in [1.54, 1.807) is 6.07 Å². The van der Waals surface area contributed by atoms with Crippen LogP contribution in [-0.2, 0) is 10.0 Å². The molecular weight excluding hydrogens is 332 g/mol. The van der Waals surface area contributed by atoms with Crippen LogP contribution in [0.1, 0.15) is 28.4 Å². The van der Waals surface area contributed by atoms with Crippen LogP contribution in [0.15, 0.2) is 52.2 Å². The van der Waals surface area contributed by atoms with E-state index >= 15 is 0 Å². The number of sulfonamides is 1. The third-order valence-electron chi connectivity index (χ3n) is 3.53. The number of amides is 1. The van der Waals surface area contributed by atoms with Crippen molar-refractivity contribution >= 4 is 15.9 Å². The summed E-state index contributed by atoms with van der Waals surface area (Å²) >= 11 is 0. The Morgan fingerprint density at radius 2 is 1.92 bits per heavy atom. The van der Waals surface area contributed by atoms with Gasteiger partial charge < -0.3 is 14.8 Å². The van der Waals surface area contributed by atoms with Crippen LogP contribution in [0, 0.1) is 0 Å². The minimum atomic E-state index is -3.51. The van der Waals surface area contributed by atoms with Crippen LogP contribution in [0.3, 0.4) is 0 Å². The Labute approximate surface area is 140 Å². The summed E-state index contributed by atoms with van der Waals surface area (Å²) in [5, 5.41) is 12.6. The fourth-order valence-corrected chi connectivity index (χ4v) is 2.95. The van der Waals surface area contributed by atoms with Gasteiger partial charge in [-0.1, -0.05) is 0 Å². The largest absolute Gasteiger partial charge is 0.472 e. The number of benzene rings is 1. The lowest BCUT2D eigenvalue weighted by atomic mass is 10.1. The van der Waals surface area contributed by atoms with Crippen LogP contribution in [0.4, 0.5) is 0 Å². The molecule has 1 unspecified atom stereocenters. The Morgan fingerprint density at radius 3 is 2.46 bits per heavy atom. The molecule has 2 N–H and O–H groups in total. The second-order valence-corrected chi connectivity index (χ2v) is 7.58. The van der Waals surface area contributed by atoms with Gasteiger partial charge in [0.05, 0.1) is 23.5 Å². The molecule has 1 amide bonds. The zero-order valence-electron chi connectivity index (χ0n) is 13.5. The first-order chi connectivity index (χ1) is 11.3. The first kappa shape index (κ1) is 18.2. The average Bonchev–Trinajstić information content (AvgIpc) is 3.09. The van der Waals surface area contributed by atoms with E-state index in [0.717, 1.165) is 4.31 Å². The Kier molecular flexibility index (Phi) is 5.76. The summed E-state index contributed by atoms with van der Waals surface area (Å²) in [5.74, 6) is -0.330. The van der Waals surface area contributed by atoms with E-state index in [1.165, 1.54) is 50.9 Å². The number of furan rings is 1. The van der Waals surface area contributed by atoms with Crippen LogP contribution in [-0.4, -0.2) is 44.4 Å². The van der Waals surface area contributed by atoms with Crippen LogP contribution >= 0.6 is 0 Å². The molecule has 0 spiro atoms. The van der Waals surface area contributed by atoms with Gasteiger partial charge in [-0.15, -0.1) is 0 Å². The molecule has 0 saturated carbocycles. The van der Waals surface area contributed by atoms with E-state index in [2.05, 4.69) is 5.32 Å². The summed E-state index contributed by atoms with van der Waals surface area (Å²) in [6.07, 6.45) is 2.56. The highest BCUT2D eigenvalue weighted by Crippen LogP contribution is 2.16. The zero-order valence-corrected chi connectivity index (χ0v) is 14.3. The maximum Gasteiger partial charge on any atom is 0.251 e. The van der Waals surface area contributed by atoms with E-state index < -0.39 is 16.1 Å². The molecule has 24 heavy (non-hydrogen) atoms. The minimum Gasteiger partial charge on any atom is -0.472 e. The summed E-state index contributed by atoms with van der Waals surface area (Å²) in [7, 11) is -0.622. The Balaban J connectivity index is 1.91. The van der Waals surface area contributed by atoms with Crippen LogP contribution in [0.2, 0.25) is 0 Å². The van der Waals surface area contributed by atoms with E-state index in [-0.39, 0.29) is 17.3 Å². The summed E-state index contributed by atoms with van der Waals surface area (Å²) < 4.78 is 29.9. The smallest absolute Gasteiger partial charge is 0.251 e. The van der Waals surface area contributed by atoms with Gasteiger partial charge in [0.25, 0.3) is 5.91 Å². The number of rotatable bonds is 7. The highest BCUT2D eigenvalue weighted by atomic mass is 32.2. The van der Waals surface area contributed by atoms with Crippen LogP contribution in [0.5, 0.6) is 0 Å². The van der Waals surface area contributed by atoms with E-state index in [4.69, 9.17) is 4.42 Å². The second-order valence-electron chi connectivity index (χ2n) is 5.43. The third kappa shape index (κ3) is 4.22. The molecular formula is C16H20N2O5S. The number of carbonyl (C=O) groups is 1. The van der Waals surface area contributed by atoms with Crippen molar-refractivity contribution in [3.63, 3.8) is 0 Å². The van der Waals surface area contributed by atoms with E-state index in [9.17, 15) is 18.3 Å². The summed E-state index contributed by atoms with van der Waals surface area (Å²) in [5.41, 5.74) is 1.01. The Bertz CT molecular complexity index is 767. The SMILES string of the molecule is CN(C)S(=O)(=O)c1ccc(C(=O)NCCC(O)c2ccoc2)cc1. The molecule has 0 radical (unpaired) electrons. The van der Waals surface area contributed by atoms with Gasteiger partial charge in [-0.3, -0.25) is 4.79 Å². The highest BCUT2D eigenvalue weighted by Gasteiger charge is 2.17. The lowest BCUT2D eigenvalue weighted by Gasteiger charge is -2.12. The minimum absolute atomic E-state index is 0.124. The molecule has 8 heteroatoms. The van der Waals surface area contributed by atoms with Crippen molar-refractivity contribution in [3.05, 3.63) is 54.0 Å². The first-order valence-corrected chi connectivity index (χ1v) is 8.77. The monoisotopic (exact) mass is 352 g/mol. The number of aliphatic hydroxyl groups is 1. The van der Waals surface area contributed by atoms with Crippen LogP contribution < -0.4 is 5.32 Å². The van der Waals surface area contributed by atoms with Gasteiger partial charge >= 0.3 is 0 Å². The molecule has 1 heterocycles. The van der Waals surface area contributed by atoms with Gasteiger partial charge in [0, 0.05) is 31.8 Å². The van der Waals surface area contributed by atoms with Gasteiger partial charge in [0.2, 0.25) is 10.0 Å². The number of hydrogen-bond acceptors (Lipinski definition) is 5. The first-order valence-electron chi connectivity index (χ1n) is 7.33. The molecule has 7 nitrogen and oxygen atoms in total. The van der Waals surface area contributed by atoms with Gasteiger partial charge in [0.1, 0.15) is 0 Å². The molecule has 130 valence electrons. The predicted octanol–water partition coefficient (Wildman–Crippen LogP) is 1.38. The number of carbonyl (C=O) groups excluding carboxylic acids is 1. The highest BCUT2D eigenvalue weighted by molar-refractivity contribution is 7.89. The van der Waals surface area contributed by atoms with Gasteiger partial charge in [-0.2, -0.15) is 0 Å². The van der Waals surface area contributed by atoms with Crippen molar-refractivity contribution in [1.82, 2.24) is 9.62 Å². The van der Waals surface area contributed by atoms with E-state index in [1.807, 2.05) is 0 Å². The molecule has 0 bridgehead atoms. The van der Waals surface area contributed by atoms with Crippen LogP contribution in [0.25, 0.3) is 0 Å². The summed E-state index contributed by atoms with van der Waals surface area (Å²) in [6.45, 7) is 0.281. The average molecular weight is 352 g/mol. The number of hydrogen-bond donors (Lipinski definition) is 2. The van der Waals surface area contributed by atoms with Crippen molar-refractivity contribution in [1.29, 1.82) is 0 Å². The topological polar surface area (TPSA) is 99.9 Å². The number of nitrogens with one attached hydrogen (secondary N) is 1. The summed E-state index contributed by atoms with van der Waals surface area (Å²) in [4.78, 5) is 12.2. The zero-order chi connectivity index (χ0) is 17.7. The van der Waals surface area contributed by atoms with E-state index in [0.29, 0.717) is 17.5 Å². The van der Waals surface area contributed by atoms with Gasteiger partial charge in [-0.25, -0.2) is 12.7 Å². The number of nitrogens with zero attached hydrogens (tertiary/aromatic N) is 1. The molecule has 0 saturated heterocycles. The fourth-order valence-electron chi connectivity index (χ4n) is 2.04. The third-order valence-corrected chi connectivity index (χ3v) is 5.36. The molecule has 1 aromatic heterocycles. The predicted molar refractivity (Wildman–Crippen MR) is 87.9 cm³/mol. The van der Waals surface area contributed by atoms with Gasteiger partial charge in [0.15, 0.2) is 0 Å². The van der Waals surface area contributed by atoms with Gasteiger partial charge in [-0.05, 0) is 36.8 Å². The normalized spacial score (nSPS) is 13.0. The van der Waals surface area contributed by atoms with Crippen molar-refractivity contribution in [2.24, 2.45) is 0 Å². The Hall–Kier alpha value is -2.16. The second kappa shape index (κ2) is 7.61. The molecule has 2 rings (SSSR count).